The number of fused-ring (bicyclic) bond motifs is 2. The molecule has 0 bridgehead atoms. The maximum Gasteiger partial charge on any atom is 0.251 e. The van der Waals surface area contributed by atoms with E-state index in [1.165, 1.54) is 23.9 Å². The van der Waals surface area contributed by atoms with Crippen LogP contribution in [0.3, 0.4) is 0 Å². The summed E-state index contributed by atoms with van der Waals surface area (Å²) >= 11 is 8.87. The zero-order valence-electron chi connectivity index (χ0n) is 17.2. The first-order valence-electron chi connectivity index (χ1n) is 8.63. The molecule has 3 aromatic rings. The van der Waals surface area contributed by atoms with Gasteiger partial charge in [0.2, 0.25) is 22.1 Å². The summed E-state index contributed by atoms with van der Waals surface area (Å²) in [4.78, 5) is 45.5. The van der Waals surface area contributed by atoms with Crippen LogP contribution in [0.5, 0.6) is 0 Å². The Hall–Kier alpha value is -2.38. The summed E-state index contributed by atoms with van der Waals surface area (Å²) in [7, 11) is 6.81. The molecule has 2 heterocycles. The fraction of sp³-hybridized carbons (Fsp3) is 0.353. The Balaban J connectivity index is 2.36. The number of rotatable bonds is 5. The van der Waals surface area contributed by atoms with Gasteiger partial charge in [-0.25, -0.2) is 30.0 Å². The molecule has 2 N–H and O–H groups in total. The number of hydrogen-bond acceptors (Lipinski definition) is 9. The van der Waals surface area contributed by atoms with Gasteiger partial charge in [-0.1, -0.05) is 34.3 Å². The van der Waals surface area contributed by atoms with Crippen LogP contribution in [0.4, 0.5) is 10.3 Å². The number of nitrogens with two attached hydrogens (primary N) is 1. The summed E-state index contributed by atoms with van der Waals surface area (Å²) in [5, 5.41) is 6.81. The zero-order chi connectivity index (χ0) is 22.5. The van der Waals surface area contributed by atoms with E-state index in [9.17, 15) is 14.4 Å². The van der Waals surface area contributed by atoms with Gasteiger partial charge in [0.1, 0.15) is 11.0 Å². The largest absolute Gasteiger partial charge is 0.366 e. The second-order valence-corrected chi connectivity index (χ2v) is 9.09. The van der Waals surface area contributed by atoms with Crippen molar-refractivity contribution in [2.75, 3.05) is 38.2 Å². The lowest BCUT2D eigenvalue weighted by Gasteiger charge is -2.24. The van der Waals surface area contributed by atoms with Crippen LogP contribution in [0.15, 0.2) is 0 Å². The number of carbonyl (C=O) groups excluding carboxylic acids is 3. The van der Waals surface area contributed by atoms with E-state index in [2.05, 4.69) is 9.97 Å². The highest BCUT2D eigenvalue weighted by atomic mass is 35.5. The number of hydrazine groups is 2. The van der Waals surface area contributed by atoms with Crippen molar-refractivity contribution in [2.45, 2.75) is 13.8 Å². The van der Waals surface area contributed by atoms with Gasteiger partial charge in [-0.15, -0.1) is 0 Å². The molecule has 3 amide bonds. The third kappa shape index (κ3) is 3.61. The van der Waals surface area contributed by atoms with Crippen LogP contribution >= 0.6 is 34.3 Å². The van der Waals surface area contributed by atoms with E-state index < -0.39 is 5.91 Å². The smallest absolute Gasteiger partial charge is 0.251 e. The predicted octanol–water partition coefficient (Wildman–Crippen LogP) is 2.32. The lowest BCUT2D eigenvalue weighted by Crippen LogP contribution is -2.40. The highest BCUT2D eigenvalue weighted by molar-refractivity contribution is 7.25. The summed E-state index contributed by atoms with van der Waals surface area (Å²) in [6.07, 6.45) is 0. The van der Waals surface area contributed by atoms with E-state index in [1.54, 1.807) is 38.2 Å². The number of thiazole rings is 2. The average molecular weight is 470 g/mol. The summed E-state index contributed by atoms with van der Waals surface area (Å²) in [5.74, 6) is -1.17. The van der Waals surface area contributed by atoms with Crippen LogP contribution < -0.4 is 15.8 Å². The van der Waals surface area contributed by atoms with Gasteiger partial charge in [0.05, 0.1) is 20.0 Å². The fourth-order valence-electron chi connectivity index (χ4n) is 3.05. The fourth-order valence-corrected chi connectivity index (χ4v) is 5.99. The van der Waals surface area contributed by atoms with E-state index in [-0.39, 0.29) is 22.4 Å². The summed E-state index contributed by atoms with van der Waals surface area (Å²) in [6, 6.07) is 0. The van der Waals surface area contributed by atoms with Gasteiger partial charge in [0.15, 0.2) is 0 Å². The van der Waals surface area contributed by atoms with Crippen molar-refractivity contribution in [2.24, 2.45) is 5.73 Å². The lowest BCUT2D eigenvalue weighted by molar-refractivity contribution is -0.119. The third-order valence-corrected chi connectivity index (χ3v) is 6.56. The molecule has 2 aromatic heterocycles. The minimum absolute atomic E-state index is 0.210. The number of aromatic nitrogens is 2. The summed E-state index contributed by atoms with van der Waals surface area (Å²) < 4.78 is 0.912. The first-order valence-corrected chi connectivity index (χ1v) is 10.6. The van der Waals surface area contributed by atoms with Gasteiger partial charge in [-0.3, -0.25) is 14.4 Å². The van der Waals surface area contributed by atoms with Crippen molar-refractivity contribution in [3.05, 3.63) is 10.6 Å². The van der Waals surface area contributed by atoms with Crippen LogP contribution in [0, 0.1) is 0 Å². The quantitative estimate of drug-likeness (QED) is 0.570. The maximum atomic E-state index is 12.4. The number of hydrogen-bond donors (Lipinski definition) is 1. The Bertz CT molecular complexity index is 1110. The van der Waals surface area contributed by atoms with Crippen LogP contribution in [0.1, 0.15) is 24.2 Å². The topological polar surface area (TPSA) is 116 Å². The van der Waals surface area contributed by atoms with E-state index in [0.29, 0.717) is 30.7 Å². The molecule has 0 saturated carbocycles. The second kappa shape index (κ2) is 8.04. The van der Waals surface area contributed by atoms with E-state index >= 15 is 0 Å². The molecular formula is C17H20ClN7O3S2. The monoisotopic (exact) mass is 469 g/mol. The molecule has 10 nitrogen and oxygen atoms in total. The van der Waals surface area contributed by atoms with Crippen molar-refractivity contribution in [1.29, 1.82) is 0 Å². The summed E-state index contributed by atoms with van der Waals surface area (Å²) in [5.41, 5.74) is 6.55. The maximum absolute atomic E-state index is 12.4. The molecule has 0 unspecified atom stereocenters. The Morgan fingerprint density at radius 1 is 0.833 bits per heavy atom. The third-order valence-electron chi connectivity index (χ3n) is 4.11. The highest BCUT2D eigenvalue weighted by Gasteiger charge is 2.28. The van der Waals surface area contributed by atoms with Crippen LogP contribution in [-0.2, 0) is 9.59 Å². The van der Waals surface area contributed by atoms with Crippen LogP contribution in [0.25, 0.3) is 20.4 Å². The molecule has 0 radical (unpaired) electrons. The van der Waals surface area contributed by atoms with Gasteiger partial charge >= 0.3 is 0 Å². The first-order chi connectivity index (χ1) is 14.0. The number of primary amides is 1. The molecule has 30 heavy (non-hydrogen) atoms. The minimum Gasteiger partial charge on any atom is -0.366 e. The van der Waals surface area contributed by atoms with Gasteiger partial charge in [-0.05, 0) is 0 Å². The van der Waals surface area contributed by atoms with Crippen LogP contribution in [-0.4, -0.2) is 65.9 Å². The van der Waals surface area contributed by atoms with Crippen molar-refractivity contribution in [3.63, 3.8) is 0 Å². The number of halogens is 1. The number of amides is 3. The Kier molecular flexibility index (Phi) is 5.98. The SMILES string of the molecule is CC(=O)N(c1nc2c(Cl)c3nc(N(C(C)=O)N(C)C)sc3c(C(N)=O)c2s1)N(C)C. The highest BCUT2D eigenvalue weighted by Crippen LogP contribution is 2.44. The molecule has 0 aliphatic heterocycles. The normalized spacial score (nSPS) is 11.6. The van der Waals surface area contributed by atoms with Crippen molar-refractivity contribution in [1.82, 2.24) is 20.0 Å². The number of benzene rings is 1. The molecule has 160 valence electrons. The Morgan fingerprint density at radius 2 is 1.20 bits per heavy atom. The van der Waals surface area contributed by atoms with Gasteiger partial charge in [0, 0.05) is 42.0 Å². The molecule has 0 aliphatic rings. The minimum atomic E-state index is -0.675. The molecule has 1 aromatic carbocycles. The molecule has 0 spiro atoms. The summed E-state index contributed by atoms with van der Waals surface area (Å²) in [6.45, 7) is 2.82. The molecular weight excluding hydrogens is 450 g/mol. The van der Waals surface area contributed by atoms with Gasteiger partial charge in [0.25, 0.3) is 5.91 Å². The lowest BCUT2D eigenvalue weighted by atomic mass is 10.2. The number of nitrogens with zero attached hydrogens (tertiary/aromatic N) is 6. The van der Waals surface area contributed by atoms with Gasteiger partial charge in [-0.2, -0.15) is 0 Å². The Morgan fingerprint density at radius 3 is 1.47 bits per heavy atom. The predicted molar refractivity (Wildman–Crippen MR) is 120 cm³/mol. The van der Waals surface area contributed by atoms with E-state index in [1.807, 2.05) is 0 Å². The molecule has 0 saturated heterocycles. The first kappa shape index (κ1) is 22.3. The van der Waals surface area contributed by atoms with E-state index in [4.69, 9.17) is 17.3 Å². The molecule has 0 fully saturated rings. The molecule has 0 atom stereocenters. The van der Waals surface area contributed by atoms with Crippen molar-refractivity contribution in [3.8, 4) is 0 Å². The molecule has 13 heteroatoms. The zero-order valence-corrected chi connectivity index (χ0v) is 19.6. The second-order valence-electron chi connectivity index (χ2n) is 6.76. The average Bonchev–Trinajstić information content (AvgIpc) is 3.18. The van der Waals surface area contributed by atoms with E-state index in [0.717, 1.165) is 22.7 Å². The molecule has 0 aliphatic carbocycles. The van der Waals surface area contributed by atoms with Crippen molar-refractivity contribution >= 4 is 82.7 Å². The van der Waals surface area contributed by atoms with Crippen LogP contribution in [0.2, 0.25) is 5.02 Å². The Labute approximate surface area is 185 Å². The number of carbonyl (C=O) groups is 3. The molecule has 3 rings (SSSR count). The van der Waals surface area contributed by atoms with Gasteiger partial charge < -0.3 is 5.73 Å². The van der Waals surface area contributed by atoms with Crippen molar-refractivity contribution < 1.29 is 14.4 Å². The standard InChI is InChI=1S/C17H20ClN7O3S2/c1-7(26)24(22(3)4)16-20-11-10(18)12-14(9(15(19)28)13(11)29-16)30-17(21-12)25(8(2)27)23(5)6/h1-6H3,(H2,19,28). The number of anilines is 2.